The summed E-state index contributed by atoms with van der Waals surface area (Å²) >= 11 is 0. The fourth-order valence-electron chi connectivity index (χ4n) is 3.73. The number of fused-ring (bicyclic) bond motifs is 1. The minimum absolute atomic E-state index is 0.206. The molecule has 2 N–H and O–H groups in total. The summed E-state index contributed by atoms with van der Waals surface area (Å²) in [6.45, 7) is 3.65. The molecule has 0 aromatic heterocycles. The molecule has 0 spiro atoms. The molecule has 180 valence electrons. The molecule has 4 rings (SSSR count). The fraction of sp³-hybridized carbons (Fsp3) is 0.154. The third-order valence-electron chi connectivity index (χ3n) is 5.39. The van der Waals surface area contributed by atoms with E-state index in [4.69, 9.17) is 4.74 Å². The van der Waals surface area contributed by atoms with Gasteiger partial charge in [0.05, 0.1) is 29.2 Å². The van der Waals surface area contributed by atoms with E-state index in [0.717, 1.165) is 0 Å². The number of carbonyl (C=O) groups is 2. The Hall–Kier alpha value is -4.11. The zero-order chi connectivity index (χ0) is 24.8. The van der Waals surface area contributed by atoms with E-state index in [9.17, 15) is 18.0 Å². The number of benzene rings is 3. The number of ether oxygens (including phenoxy) is 1. The van der Waals surface area contributed by atoms with E-state index in [1.165, 1.54) is 4.31 Å². The van der Waals surface area contributed by atoms with Crippen molar-refractivity contribution < 1.29 is 22.7 Å². The molecule has 0 saturated heterocycles. The summed E-state index contributed by atoms with van der Waals surface area (Å²) in [5, 5.41) is 5.40. The zero-order valence-corrected chi connectivity index (χ0v) is 19.7. The van der Waals surface area contributed by atoms with Crippen LogP contribution >= 0.6 is 0 Å². The van der Waals surface area contributed by atoms with Crippen LogP contribution in [0.1, 0.15) is 15.9 Å². The first kappa shape index (κ1) is 24.0. The number of hydrogen-bond acceptors (Lipinski definition) is 5. The minimum Gasteiger partial charge on any atom is -0.476 e. The molecule has 1 heterocycles. The summed E-state index contributed by atoms with van der Waals surface area (Å²) < 4.78 is 33.8. The summed E-state index contributed by atoms with van der Waals surface area (Å²) in [6.07, 6.45) is 0.427. The number of rotatable bonds is 8. The van der Waals surface area contributed by atoms with Crippen molar-refractivity contribution in [3.05, 3.63) is 103 Å². The normalized spacial score (nSPS) is 14.9. The van der Waals surface area contributed by atoms with Crippen LogP contribution in [0, 0.1) is 0 Å². The Labute approximate surface area is 204 Å². The van der Waals surface area contributed by atoms with Gasteiger partial charge in [0.1, 0.15) is 5.75 Å². The van der Waals surface area contributed by atoms with Crippen LogP contribution in [0.5, 0.6) is 5.75 Å². The largest absolute Gasteiger partial charge is 0.476 e. The van der Waals surface area contributed by atoms with E-state index in [0.29, 0.717) is 16.9 Å². The first-order chi connectivity index (χ1) is 16.9. The van der Waals surface area contributed by atoms with Crippen molar-refractivity contribution in [2.24, 2.45) is 0 Å². The maximum absolute atomic E-state index is 13.4. The van der Waals surface area contributed by atoms with E-state index in [1.807, 2.05) is 6.07 Å². The van der Waals surface area contributed by atoms with Crippen LogP contribution in [0.4, 0.5) is 11.4 Å². The molecule has 9 heteroatoms. The Kier molecular flexibility index (Phi) is 7.17. The second-order valence-corrected chi connectivity index (χ2v) is 9.77. The Morgan fingerprint density at radius 2 is 1.69 bits per heavy atom. The van der Waals surface area contributed by atoms with Gasteiger partial charge in [0.25, 0.3) is 11.8 Å². The second-order valence-electron chi connectivity index (χ2n) is 7.88. The van der Waals surface area contributed by atoms with Gasteiger partial charge in [0.15, 0.2) is 6.10 Å². The van der Waals surface area contributed by atoms with Gasteiger partial charge >= 0.3 is 0 Å². The number of para-hydroxylation sites is 3. The van der Waals surface area contributed by atoms with E-state index in [2.05, 4.69) is 17.2 Å². The van der Waals surface area contributed by atoms with Crippen molar-refractivity contribution in [2.75, 3.05) is 22.7 Å². The molecule has 1 aliphatic rings. The SMILES string of the molecule is C=CCNC(=O)c1ccccc1NC(=O)C1CN(S(=O)(=O)Cc2ccccc2)c2ccccc2O1. The average molecular weight is 492 g/mol. The second kappa shape index (κ2) is 10.4. The van der Waals surface area contributed by atoms with E-state index in [-0.39, 0.29) is 36.1 Å². The smallest absolute Gasteiger partial charge is 0.267 e. The molecule has 2 amide bonds. The topological polar surface area (TPSA) is 105 Å². The molecule has 0 fully saturated rings. The zero-order valence-electron chi connectivity index (χ0n) is 18.9. The monoisotopic (exact) mass is 491 g/mol. The first-order valence-corrected chi connectivity index (χ1v) is 12.6. The number of nitrogens with zero attached hydrogens (tertiary/aromatic N) is 1. The summed E-state index contributed by atoms with van der Waals surface area (Å²) in [5.74, 6) is -0.873. The minimum atomic E-state index is -3.82. The predicted octanol–water partition coefficient (Wildman–Crippen LogP) is 3.34. The Bertz CT molecular complexity index is 1340. The van der Waals surface area contributed by atoms with Gasteiger partial charge in [-0.3, -0.25) is 13.9 Å². The predicted molar refractivity (Wildman–Crippen MR) is 135 cm³/mol. The number of anilines is 2. The van der Waals surface area contributed by atoms with Gasteiger partial charge in [-0.1, -0.05) is 60.7 Å². The van der Waals surface area contributed by atoms with Crippen LogP contribution in [0.15, 0.2) is 91.5 Å². The highest BCUT2D eigenvalue weighted by Crippen LogP contribution is 2.36. The molecule has 0 saturated carbocycles. The number of carbonyl (C=O) groups excluding carboxylic acids is 2. The maximum Gasteiger partial charge on any atom is 0.267 e. The van der Waals surface area contributed by atoms with Gasteiger partial charge in [0, 0.05) is 6.54 Å². The third-order valence-corrected chi connectivity index (χ3v) is 7.11. The highest BCUT2D eigenvalue weighted by atomic mass is 32.2. The maximum atomic E-state index is 13.4. The van der Waals surface area contributed by atoms with E-state index < -0.39 is 22.0 Å². The third kappa shape index (κ3) is 5.52. The van der Waals surface area contributed by atoms with Gasteiger partial charge in [0.2, 0.25) is 10.0 Å². The molecular weight excluding hydrogens is 466 g/mol. The van der Waals surface area contributed by atoms with E-state index >= 15 is 0 Å². The van der Waals surface area contributed by atoms with Gasteiger partial charge in [-0.2, -0.15) is 0 Å². The molecule has 0 aliphatic carbocycles. The highest BCUT2D eigenvalue weighted by molar-refractivity contribution is 7.92. The van der Waals surface area contributed by atoms with Crippen LogP contribution in [0.25, 0.3) is 0 Å². The van der Waals surface area contributed by atoms with Gasteiger partial charge < -0.3 is 15.4 Å². The molecule has 8 nitrogen and oxygen atoms in total. The summed E-state index contributed by atoms with van der Waals surface area (Å²) in [6, 6.07) is 22.1. The highest BCUT2D eigenvalue weighted by Gasteiger charge is 2.37. The molecule has 1 aliphatic heterocycles. The summed E-state index contributed by atoms with van der Waals surface area (Å²) in [5.41, 5.74) is 1.57. The fourth-order valence-corrected chi connectivity index (χ4v) is 5.31. The van der Waals surface area contributed by atoms with Crippen LogP contribution in [-0.2, 0) is 20.6 Å². The molecule has 0 radical (unpaired) electrons. The van der Waals surface area contributed by atoms with Crippen molar-refractivity contribution >= 4 is 33.2 Å². The van der Waals surface area contributed by atoms with Crippen LogP contribution in [-0.4, -0.2) is 39.4 Å². The van der Waals surface area contributed by atoms with Gasteiger partial charge in [-0.05, 0) is 29.8 Å². The Morgan fingerprint density at radius 3 is 2.46 bits per heavy atom. The van der Waals surface area contributed by atoms with Crippen molar-refractivity contribution in [1.29, 1.82) is 0 Å². The van der Waals surface area contributed by atoms with Crippen LogP contribution in [0.2, 0.25) is 0 Å². The quantitative estimate of drug-likeness (QED) is 0.471. The van der Waals surface area contributed by atoms with Crippen molar-refractivity contribution in [1.82, 2.24) is 5.32 Å². The number of nitrogens with one attached hydrogen (secondary N) is 2. The lowest BCUT2D eigenvalue weighted by Crippen LogP contribution is -2.49. The van der Waals surface area contributed by atoms with Crippen LogP contribution < -0.4 is 19.7 Å². The summed E-state index contributed by atoms with van der Waals surface area (Å²) in [4.78, 5) is 25.7. The first-order valence-electron chi connectivity index (χ1n) is 11.0. The standard InChI is InChI=1S/C26H25N3O5S/c1-2-16-27-25(30)20-12-6-7-13-21(20)28-26(31)24-17-29(22-14-8-9-15-23(22)34-24)35(32,33)18-19-10-4-3-5-11-19/h2-15,24H,1,16-18H2,(H,27,30)(H,28,31). The summed E-state index contributed by atoms with van der Waals surface area (Å²) in [7, 11) is -3.82. The van der Waals surface area contributed by atoms with Crippen molar-refractivity contribution in [2.45, 2.75) is 11.9 Å². The lowest BCUT2D eigenvalue weighted by atomic mass is 10.1. The van der Waals surface area contributed by atoms with Gasteiger partial charge in [-0.25, -0.2) is 8.42 Å². The van der Waals surface area contributed by atoms with Crippen molar-refractivity contribution in [3.63, 3.8) is 0 Å². The lowest BCUT2D eigenvalue weighted by molar-refractivity contribution is -0.122. The average Bonchev–Trinajstić information content (AvgIpc) is 2.87. The van der Waals surface area contributed by atoms with Crippen LogP contribution in [0.3, 0.4) is 0 Å². The lowest BCUT2D eigenvalue weighted by Gasteiger charge is -2.34. The van der Waals surface area contributed by atoms with Gasteiger partial charge in [-0.15, -0.1) is 6.58 Å². The molecule has 1 atom stereocenters. The van der Waals surface area contributed by atoms with Crippen molar-refractivity contribution in [3.8, 4) is 5.75 Å². The van der Waals surface area contributed by atoms with E-state index in [1.54, 1.807) is 78.9 Å². The molecule has 1 unspecified atom stereocenters. The number of hydrogen-bond donors (Lipinski definition) is 2. The molecule has 3 aromatic rings. The Balaban J connectivity index is 1.59. The molecular formula is C26H25N3O5S. The molecule has 3 aromatic carbocycles. The number of amides is 2. The number of sulfonamides is 1. The molecule has 0 bridgehead atoms. The molecule has 35 heavy (non-hydrogen) atoms. The Morgan fingerprint density at radius 1 is 1.00 bits per heavy atom.